The van der Waals surface area contributed by atoms with E-state index in [-0.39, 0.29) is 70.8 Å². The number of carbonyl (C=O) groups is 3. The van der Waals surface area contributed by atoms with Crippen molar-refractivity contribution in [3.05, 3.63) is 192 Å². The maximum absolute atomic E-state index is 12.9. The van der Waals surface area contributed by atoms with E-state index in [0.29, 0.717) is 62.8 Å². The van der Waals surface area contributed by atoms with Crippen molar-refractivity contribution in [1.82, 2.24) is 82.5 Å². The fraction of sp³-hybridized carbons (Fsp3) is 0.477. The molecule has 14 rings (SSSR count). The van der Waals surface area contributed by atoms with Crippen LogP contribution in [0.15, 0.2) is 139 Å². The number of hydrogen-bond donors (Lipinski definition) is 2. The molecule has 2 N–H and O–H groups in total. The number of nitrogens with one attached hydrogen (secondary N) is 1. The van der Waals surface area contributed by atoms with Crippen molar-refractivity contribution in [2.45, 2.75) is 156 Å². The average Bonchev–Trinajstić information content (AvgIpc) is 1.63. The van der Waals surface area contributed by atoms with Crippen LogP contribution in [-0.4, -0.2) is 184 Å². The number of ether oxygens (including phenoxy) is 1. The molecule has 0 radical (unpaired) electrons. The van der Waals surface area contributed by atoms with Crippen LogP contribution < -0.4 is 22.4 Å². The van der Waals surface area contributed by atoms with E-state index < -0.39 is 11.6 Å². The van der Waals surface area contributed by atoms with Crippen LogP contribution in [0.1, 0.15) is 145 Å². The molecule has 612 valence electrons. The molecule has 27 nitrogen and oxygen atoms in total. The monoisotopic (exact) mass is 1580 g/mol. The van der Waals surface area contributed by atoms with Crippen LogP contribution >= 0.6 is 12.4 Å². The molecular weight excluding hydrogens is 1470 g/mol. The lowest BCUT2D eigenvalue weighted by Crippen LogP contribution is -2.49. The number of carbonyl (C=O) groups excluding carboxylic acids is 2. The quantitative estimate of drug-likeness (QED) is 0.102. The maximum atomic E-state index is 12.9. The molecule has 0 aliphatic carbocycles. The summed E-state index contributed by atoms with van der Waals surface area (Å²) in [5.41, 5.74) is 17.6. The number of hydrogen-bond acceptors (Lipinski definition) is 18. The fourth-order valence-corrected chi connectivity index (χ4v) is 14.3. The van der Waals surface area contributed by atoms with E-state index in [1.807, 2.05) is 76.8 Å². The number of benzene rings is 3. The molecule has 3 saturated heterocycles. The van der Waals surface area contributed by atoms with Crippen LogP contribution in [0, 0.1) is 37.0 Å². The number of aryl methyl sites for hydroxylation is 6. The Morgan fingerprint density at radius 3 is 1.07 bits per heavy atom. The highest BCUT2D eigenvalue weighted by Crippen LogP contribution is 2.32. The summed E-state index contributed by atoms with van der Waals surface area (Å²) in [7, 11) is 5.39. The number of amides is 2. The van der Waals surface area contributed by atoms with Crippen molar-refractivity contribution in [1.29, 1.82) is 0 Å². The van der Waals surface area contributed by atoms with Gasteiger partial charge in [-0.05, 0) is 146 Å². The molecule has 114 heavy (non-hydrogen) atoms. The lowest BCUT2D eigenvalue weighted by Gasteiger charge is -2.35. The van der Waals surface area contributed by atoms with E-state index in [1.165, 1.54) is 40.8 Å². The van der Waals surface area contributed by atoms with Crippen molar-refractivity contribution in [3.63, 3.8) is 0 Å². The first-order valence-corrected chi connectivity index (χ1v) is 38.5. The predicted octanol–water partition coefficient (Wildman–Crippen LogP) is 13.1. The van der Waals surface area contributed by atoms with E-state index in [9.17, 15) is 28.8 Å². The van der Waals surface area contributed by atoms with Crippen LogP contribution in [0.4, 0.5) is 4.79 Å². The number of piperazine rings is 3. The number of rotatable bonds is 14. The first-order chi connectivity index (χ1) is 52.8. The molecule has 11 heterocycles. The minimum Gasteiger partial charge on any atom is -0.476 e. The summed E-state index contributed by atoms with van der Waals surface area (Å²) >= 11 is 0. The molecule has 0 unspecified atom stereocenters. The van der Waals surface area contributed by atoms with Gasteiger partial charge in [-0.3, -0.25) is 46.9 Å². The molecule has 3 aliphatic rings. The molecule has 3 fully saturated rings. The lowest BCUT2D eigenvalue weighted by molar-refractivity contribution is 0.0138. The topological polar surface area (TPSA) is 280 Å². The SMILES string of the molecule is C.Cc1ccc(CN2CCN(C(=O)OC(C)(C)C)CC2)cc1-c1ccc2c(n1)n(C)c(=O)n2CC(C)(C)C.Cc1ccc(CN2CCN(C(=O)c3ccon3)CC2)cc1-c1ccc2c(n1)n(C)c(=O)n2CC(C)(C)C.Cc1ccc(CN2CCNCC2)cc1-c1ccc2c(n1)n(C)c(=O)n2CC(C)(C)C.Cl.O=C(O)c1ccon1. The van der Waals surface area contributed by atoms with Crippen LogP contribution in [0.2, 0.25) is 0 Å². The van der Waals surface area contributed by atoms with E-state index in [4.69, 9.17) is 29.3 Å². The van der Waals surface area contributed by atoms with Crippen LogP contribution in [-0.2, 0) is 65.1 Å². The molecule has 0 bridgehead atoms. The van der Waals surface area contributed by atoms with Crippen molar-refractivity contribution in [3.8, 4) is 33.8 Å². The standard InChI is InChI=1S/C29H41N5O3.C28H34N6O3.C24H33N5O.C4H3NO3.CH4.ClH/c1-20-9-10-21(18-32-13-15-33(16-14-32)27(36)37-29(5,6)7)17-22(20)23-11-12-24-25(30-23)31(8)26(35)34(24)19-28(2,3)4;1-19-6-7-20(17-32-11-13-33(14-12-32)26(35)23-10-15-37-30-23)16-21(19)22-8-9-24-25(29-22)31(5)27(36)34(24)18-28(2,3)4;1-17-6-7-18(15-28-12-10-25-11-13-28)14-19(17)20-8-9-21-22(26-20)27(5)23(30)29(21)16-24(2,3)4;6-4(7)3-1-2-8-5-3;;/h9-12,17H,13-16,18-19H2,1-8H3;6-10,15-16H,11-14,17-18H2,1-5H3;6-9,14,25H,10-13,15-16H2,1-5H3;1-2H,(H,6,7);1H4;1H. The number of imidazole rings is 3. The second-order valence-electron chi connectivity index (χ2n) is 34.4. The second-order valence-corrected chi connectivity index (χ2v) is 34.4. The number of carboxylic acid groups (broad SMARTS) is 1. The number of fused-ring (bicyclic) bond motifs is 3. The third-order valence-electron chi connectivity index (χ3n) is 20.0. The molecule has 2 amide bonds. The van der Waals surface area contributed by atoms with Crippen LogP contribution in [0.25, 0.3) is 67.3 Å². The van der Waals surface area contributed by atoms with Gasteiger partial charge in [-0.15, -0.1) is 12.4 Å². The molecular formula is C86H116ClN17O10. The molecule has 11 aromatic rings. The summed E-state index contributed by atoms with van der Waals surface area (Å²) < 4.78 is 25.0. The zero-order valence-corrected chi connectivity index (χ0v) is 69.7. The Balaban J connectivity index is 0.000000185. The Morgan fingerprint density at radius 1 is 0.447 bits per heavy atom. The van der Waals surface area contributed by atoms with Gasteiger partial charge in [-0.1, -0.05) is 116 Å². The number of nitrogens with zero attached hydrogens (tertiary/aromatic N) is 16. The van der Waals surface area contributed by atoms with E-state index in [1.54, 1.807) is 38.8 Å². The number of pyridine rings is 3. The van der Waals surface area contributed by atoms with E-state index in [2.05, 4.69) is 179 Å². The highest BCUT2D eigenvalue weighted by atomic mass is 35.5. The Bertz CT molecular complexity index is 5350. The molecule has 0 spiro atoms. The number of carboxylic acids is 1. The largest absolute Gasteiger partial charge is 0.476 e. The first-order valence-electron chi connectivity index (χ1n) is 38.5. The Kier molecular flexibility index (Phi) is 28.0. The van der Waals surface area contributed by atoms with Crippen molar-refractivity contribution in [2.75, 3.05) is 78.5 Å². The third-order valence-corrected chi connectivity index (χ3v) is 20.0. The van der Waals surface area contributed by atoms with Crippen molar-refractivity contribution >= 4 is 63.9 Å². The van der Waals surface area contributed by atoms with Gasteiger partial charge in [-0.25, -0.2) is 38.9 Å². The van der Waals surface area contributed by atoms with Gasteiger partial charge in [0.2, 0.25) is 0 Å². The third kappa shape index (κ3) is 21.8. The second kappa shape index (κ2) is 36.4. The van der Waals surface area contributed by atoms with Crippen molar-refractivity contribution < 1.29 is 33.3 Å². The zero-order valence-electron chi connectivity index (χ0n) is 68.9. The first kappa shape index (κ1) is 87.6. The summed E-state index contributed by atoms with van der Waals surface area (Å²) in [6.07, 6.45) is 2.40. The van der Waals surface area contributed by atoms with E-state index >= 15 is 0 Å². The van der Waals surface area contributed by atoms with Gasteiger partial charge in [0.25, 0.3) is 5.91 Å². The smallest absolute Gasteiger partial charge is 0.410 e. The molecule has 3 aliphatic heterocycles. The minimum atomic E-state index is -1.07. The van der Waals surface area contributed by atoms with Crippen molar-refractivity contribution in [2.24, 2.45) is 37.4 Å². The van der Waals surface area contributed by atoms with Gasteiger partial charge in [0.15, 0.2) is 28.3 Å². The normalized spacial score (nSPS) is 14.6. The maximum Gasteiger partial charge on any atom is 0.410 e. The Morgan fingerprint density at radius 2 is 0.772 bits per heavy atom. The predicted molar refractivity (Wildman–Crippen MR) is 450 cm³/mol. The Labute approximate surface area is 673 Å². The van der Waals surface area contributed by atoms with Crippen LogP contribution in [0.3, 0.4) is 0 Å². The molecule has 8 aromatic heterocycles. The van der Waals surface area contributed by atoms with Gasteiger partial charge in [0, 0.05) is 168 Å². The van der Waals surface area contributed by atoms with Crippen LogP contribution in [0.5, 0.6) is 0 Å². The number of aromatic carboxylic acids is 1. The number of halogens is 1. The molecule has 0 saturated carbocycles. The highest BCUT2D eigenvalue weighted by molar-refractivity contribution is 5.92. The highest BCUT2D eigenvalue weighted by Gasteiger charge is 2.29. The summed E-state index contributed by atoms with van der Waals surface area (Å²) in [5, 5.41) is 18.5. The van der Waals surface area contributed by atoms with E-state index in [0.717, 1.165) is 139 Å². The Hall–Kier alpha value is -10.3. The summed E-state index contributed by atoms with van der Waals surface area (Å²) in [6, 6.07) is 34.7. The molecule has 28 heteroatoms. The van der Waals surface area contributed by atoms with Gasteiger partial charge < -0.3 is 34.0 Å². The summed E-state index contributed by atoms with van der Waals surface area (Å²) in [6.45, 7) is 45.8. The number of aromatic nitrogens is 11. The van der Waals surface area contributed by atoms with Gasteiger partial charge in [0.1, 0.15) is 18.1 Å². The lowest BCUT2D eigenvalue weighted by atomic mass is 9.97. The summed E-state index contributed by atoms with van der Waals surface area (Å²) in [5.74, 6) is -1.16. The van der Waals surface area contributed by atoms with Gasteiger partial charge in [-0.2, -0.15) is 0 Å². The molecule has 0 atom stereocenters. The minimum absolute atomic E-state index is 0. The fourth-order valence-electron chi connectivity index (χ4n) is 14.3. The zero-order chi connectivity index (χ0) is 80.9. The van der Waals surface area contributed by atoms with Gasteiger partial charge >= 0.3 is 29.1 Å². The average molecular weight is 1580 g/mol. The summed E-state index contributed by atoms with van der Waals surface area (Å²) in [4.78, 5) is 99.2. The van der Waals surface area contributed by atoms with Gasteiger partial charge in [0.05, 0.1) is 33.6 Å². The molecule has 3 aromatic carbocycles.